The van der Waals surface area contributed by atoms with Crippen molar-refractivity contribution in [1.82, 2.24) is 20.1 Å². The summed E-state index contributed by atoms with van der Waals surface area (Å²) < 4.78 is 30.3. The highest BCUT2D eigenvalue weighted by molar-refractivity contribution is 7.93. The monoisotopic (exact) mass is 584 g/mol. The first-order chi connectivity index (χ1) is 18.7. The highest BCUT2D eigenvalue weighted by atomic mass is 35.5. The molecule has 2 heterocycles. The number of anilines is 2. The molecule has 0 saturated carbocycles. The van der Waals surface area contributed by atoms with Crippen molar-refractivity contribution in [2.45, 2.75) is 23.8 Å². The van der Waals surface area contributed by atoms with Crippen molar-refractivity contribution in [1.29, 1.82) is 0 Å². The van der Waals surface area contributed by atoms with Gasteiger partial charge in [0, 0.05) is 12.2 Å². The molecular formula is C26H22Cl2N6O4S. The normalized spacial score (nSPS) is 15.0. The number of hydrogen-bond acceptors (Lipinski definition) is 6. The summed E-state index contributed by atoms with van der Waals surface area (Å²) in [7, 11) is -4.29. The van der Waals surface area contributed by atoms with Crippen molar-refractivity contribution < 1.29 is 18.0 Å². The van der Waals surface area contributed by atoms with Crippen molar-refractivity contribution in [3.05, 3.63) is 95.0 Å². The van der Waals surface area contributed by atoms with E-state index in [1.54, 1.807) is 41.5 Å². The molecule has 2 amide bonds. The van der Waals surface area contributed by atoms with Crippen molar-refractivity contribution in [3.63, 3.8) is 0 Å². The summed E-state index contributed by atoms with van der Waals surface area (Å²) in [6.45, 7) is 0.301. The Morgan fingerprint density at radius 1 is 0.974 bits per heavy atom. The SMILES string of the molecule is O=C(C[C@@H]1C(=O)Nc2ccccc2N1S(=O)(=O)c1ccc(Cl)c(Cl)c1)NCCc1ccc(-n2cnnc2)cc1. The molecule has 200 valence electrons. The molecule has 2 N–H and O–H groups in total. The molecule has 0 aliphatic carbocycles. The standard InChI is InChI=1S/C26H22Cl2N6O4S/c27-20-10-9-19(13-21(20)28)39(37,38)34-23-4-2-1-3-22(23)32-26(36)24(34)14-25(35)29-12-11-17-5-7-18(8-6-17)33-15-30-31-16-33/h1-10,13,15-16,24H,11-12,14H2,(H,29,35)(H,32,36)/t24-/m1/s1. The molecule has 10 nitrogen and oxygen atoms in total. The van der Waals surface area contributed by atoms with Gasteiger partial charge in [-0.3, -0.25) is 18.5 Å². The van der Waals surface area contributed by atoms with Gasteiger partial charge < -0.3 is 10.6 Å². The van der Waals surface area contributed by atoms with E-state index >= 15 is 0 Å². The number of amides is 2. The number of para-hydroxylation sites is 2. The zero-order valence-corrected chi connectivity index (χ0v) is 22.6. The number of carbonyl (C=O) groups excluding carboxylic acids is 2. The third kappa shape index (κ3) is 5.60. The maximum Gasteiger partial charge on any atom is 0.265 e. The largest absolute Gasteiger partial charge is 0.356 e. The first kappa shape index (κ1) is 26.7. The van der Waals surface area contributed by atoms with Crippen LogP contribution in [0.1, 0.15) is 12.0 Å². The molecule has 0 spiro atoms. The molecule has 1 aliphatic rings. The second-order valence-corrected chi connectivity index (χ2v) is 11.4. The zero-order valence-electron chi connectivity index (χ0n) is 20.3. The molecule has 4 aromatic rings. The van der Waals surface area contributed by atoms with Crippen LogP contribution in [0, 0.1) is 0 Å². The Kier molecular flexibility index (Phi) is 7.56. The van der Waals surface area contributed by atoms with Crippen molar-refractivity contribution in [3.8, 4) is 5.69 Å². The molecular weight excluding hydrogens is 563 g/mol. The van der Waals surface area contributed by atoms with E-state index in [4.69, 9.17) is 23.2 Å². The van der Waals surface area contributed by atoms with Crippen LogP contribution < -0.4 is 14.9 Å². The number of carbonyl (C=O) groups is 2. The van der Waals surface area contributed by atoms with Gasteiger partial charge in [-0.05, 0) is 54.4 Å². The second-order valence-electron chi connectivity index (χ2n) is 8.74. The molecule has 0 fully saturated rings. The van der Waals surface area contributed by atoms with E-state index in [9.17, 15) is 18.0 Å². The summed E-state index contributed by atoms with van der Waals surface area (Å²) in [6.07, 6.45) is 3.35. The van der Waals surface area contributed by atoms with Crippen LogP contribution >= 0.6 is 23.2 Å². The molecule has 1 atom stereocenters. The number of sulfonamides is 1. The van der Waals surface area contributed by atoms with Crippen molar-refractivity contribution >= 4 is 56.4 Å². The summed E-state index contributed by atoms with van der Waals surface area (Å²) in [5.74, 6) is -1.08. The Morgan fingerprint density at radius 3 is 2.41 bits per heavy atom. The van der Waals surface area contributed by atoms with Crippen LogP contribution in [0.4, 0.5) is 11.4 Å². The second kappa shape index (κ2) is 11.0. The van der Waals surface area contributed by atoms with Gasteiger partial charge in [0.15, 0.2) is 0 Å². The number of hydrogen-bond donors (Lipinski definition) is 2. The van der Waals surface area contributed by atoms with E-state index in [0.717, 1.165) is 15.6 Å². The Labute approximate surface area is 234 Å². The van der Waals surface area contributed by atoms with Crippen molar-refractivity contribution in [2.24, 2.45) is 0 Å². The minimum Gasteiger partial charge on any atom is -0.356 e. The molecule has 0 radical (unpaired) electrons. The fraction of sp³-hybridized carbons (Fsp3) is 0.154. The van der Waals surface area contributed by atoms with E-state index in [1.165, 1.54) is 18.2 Å². The average Bonchev–Trinajstić information content (AvgIpc) is 3.46. The van der Waals surface area contributed by atoms with Gasteiger partial charge in [0.2, 0.25) is 11.8 Å². The van der Waals surface area contributed by atoms with Crippen LogP contribution in [0.25, 0.3) is 5.69 Å². The molecule has 3 aromatic carbocycles. The maximum atomic E-state index is 13.8. The summed E-state index contributed by atoms with van der Waals surface area (Å²) >= 11 is 12.1. The number of aromatic nitrogens is 3. The van der Waals surface area contributed by atoms with Gasteiger partial charge in [0.1, 0.15) is 18.7 Å². The average molecular weight is 585 g/mol. The molecule has 39 heavy (non-hydrogen) atoms. The summed E-state index contributed by atoms with van der Waals surface area (Å²) in [5.41, 5.74) is 2.45. The number of nitrogens with one attached hydrogen (secondary N) is 2. The Hall–Kier alpha value is -3.93. The quantitative estimate of drug-likeness (QED) is 0.324. The van der Waals surface area contributed by atoms with Gasteiger partial charge in [0.05, 0.1) is 32.7 Å². The Morgan fingerprint density at radius 2 is 1.69 bits per heavy atom. The lowest BCUT2D eigenvalue weighted by molar-refractivity contribution is -0.125. The summed E-state index contributed by atoms with van der Waals surface area (Å²) in [4.78, 5) is 25.8. The minimum atomic E-state index is -4.29. The molecule has 1 aromatic heterocycles. The first-order valence-electron chi connectivity index (χ1n) is 11.8. The number of benzene rings is 3. The van der Waals surface area contributed by atoms with Gasteiger partial charge in [-0.2, -0.15) is 0 Å². The predicted octanol–water partition coefficient (Wildman–Crippen LogP) is 3.84. The highest BCUT2D eigenvalue weighted by Crippen LogP contribution is 2.38. The van der Waals surface area contributed by atoms with E-state index in [2.05, 4.69) is 20.8 Å². The minimum absolute atomic E-state index is 0.0523. The lowest BCUT2D eigenvalue weighted by Crippen LogP contribution is -2.52. The lowest BCUT2D eigenvalue weighted by atomic mass is 10.1. The summed E-state index contributed by atoms with van der Waals surface area (Å²) in [5, 5.41) is 13.3. The van der Waals surface area contributed by atoms with Crippen LogP contribution in [-0.2, 0) is 26.0 Å². The van der Waals surface area contributed by atoms with Gasteiger partial charge in [-0.15, -0.1) is 10.2 Å². The van der Waals surface area contributed by atoms with E-state index in [0.29, 0.717) is 18.7 Å². The lowest BCUT2D eigenvalue weighted by Gasteiger charge is -2.36. The Bertz CT molecular complexity index is 1630. The van der Waals surface area contributed by atoms with Crippen LogP contribution in [-0.4, -0.2) is 47.6 Å². The molecule has 1 aliphatic heterocycles. The van der Waals surface area contributed by atoms with Gasteiger partial charge >= 0.3 is 0 Å². The Balaban J connectivity index is 1.32. The van der Waals surface area contributed by atoms with E-state index < -0.39 is 27.9 Å². The predicted molar refractivity (Wildman–Crippen MR) is 148 cm³/mol. The van der Waals surface area contributed by atoms with Gasteiger partial charge in [-0.25, -0.2) is 8.42 Å². The zero-order chi connectivity index (χ0) is 27.6. The molecule has 0 unspecified atom stereocenters. The number of rotatable bonds is 8. The fourth-order valence-electron chi connectivity index (χ4n) is 4.25. The first-order valence-corrected chi connectivity index (χ1v) is 14.0. The van der Waals surface area contributed by atoms with Crippen LogP contribution in [0.15, 0.2) is 84.3 Å². The molecule has 5 rings (SSSR count). The fourth-order valence-corrected chi connectivity index (χ4v) is 6.27. The third-order valence-electron chi connectivity index (χ3n) is 6.20. The van der Waals surface area contributed by atoms with E-state index in [1.807, 2.05) is 24.3 Å². The van der Waals surface area contributed by atoms with Gasteiger partial charge in [0.25, 0.3) is 10.0 Å². The number of halogens is 2. The van der Waals surface area contributed by atoms with Crippen LogP contribution in [0.3, 0.4) is 0 Å². The number of nitrogens with zero attached hydrogens (tertiary/aromatic N) is 4. The molecule has 0 saturated heterocycles. The van der Waals surface area contributed by atoms with Crippen LogP contribution in [0.5, 0.6) is 0 Å². The number of fused-ring (bicyclic) bond motifs is 1. The maximum absolute atomic E-state index is 13.8. The van der Waals surface area contributed by atoms with Crippen molar-refractivity contribution in [2.75, 3.05) is 16.2 Å². The summed E-state index contributed by atoms with van der Waals surface area (Å²) in [6, 6.07) is 16.8. The molecule has 0 bridgehead atoms. The van der Waals surface area contributed by atoms with Gasteiger partial charge in [-0.1, -0.05) is 47.5 Å². The third-order valence-corrected chi connectivity index (χ3v) is 8.76. The van der Waals surface area contributed by atoms with E-state index in [-0.39, 0.29) is 27.0 Å². The smallest absolute Gasteiger partial charge is 0.265 e. The highest BCUT2D eigenvalue weighted by Gasteiger charge is 2.42. The van der Waals surface area contributed by atoms with Crippen LogP contribution in [0.2, 0.25) is 10.0 Å². The topological polar surface area (TPSA) is 126 Å². The molecule has 13 heteroatoms.